The molecule has 0 aliphatic heterocycles. The van der Waals surface area contributed by atoms with Crippen LogP contribution in [0.15, 0.2) is 12.3 Å². The normalized spacial score (nSPS) is 9.45. The van der Waals surface area contributed by atoms with Gasteiger partial charge >= 0.3 is 5.97 Å². The second-order valence-electron chi connectivity index (χ2n) is 1.65. The third-order valence-electron chi connectivity index (χ3n) is 0.998. The minimum absolute atomic E-state index is 0.197. The van der Waals surface area contributed by atoms with Gasteiger partial charge in [-0.3, -0.25) is 0 Å². The predicted molar refractivity (Wildman–Crippen MR) is 31.6 cm³/mol. The Hall–Kier alpha value is -1.92. The summed E-state index contributed by atoms with van der Waals surface area (Å²) in [6.07, 6.45) is 1.05. The summed E-state index contributed by atoms with van der Waals surface area (Å²) in [5, 5.41) is 20.6. The number of carboxylic acid groups (broad SMARTS) is 1. The van der Waals surface area contributed by atoms with Crippen molar-refractivity contribution in [2.45, 2.75) is 0 Å². The summed E-state index contributed by atoms with van der Waals surface area (Å²) in [6, 6.07) is 1.05. The van der Waals surface area contributed by atoms with Crippen molar-refractivity contribution in [1.82, 2.24) is 9.89 Å². The molecule has 0 aliphatic rings. The molecule has 7 nitrogen and oxygen atoms in total. The average molecular weight is 157 g/mol. The molecule has 0 amide bonds. The molecule has 58 valence electrons. The molecule has 0 saturated heterocycles. The molecule has 1 aromatic heterocycles. The largest absolute Gasteiger partial charge is 0.476 e. The van der Waals surface area contributed by atoms with Gasteiger partial charge in [-0.15, -0.1) is 0 Å². The maximum absolute atomic E-state index is 10.2. The van der Waals surface area contributed by atoms with Gasteiger partial charge in [-0.25, -0.2) is 4.79 Å². The summed E-state index contributed by atoms with van der Waals surface area (Å²) in [5.74, 6) is -1.38. The van der Waals surface area contributed by atoms with E-state index >= 15 is 0 Å². The lowest BCUT2D eigenvalue weighted by Gasteiger charge is -1.92. The summed E-state index contributed by atoms with van der Waals surface area (Å²) < 4.78 is 0. The lowest BCUT2D eigenvalue weighted by atomic mass is 10.4. The third-order valence-corrected chi connectivity index (χ3v) is 0.998. The van der Waals surface area contributed by atoms with Crippen molar-refractivity contribution >= 4 is 5.97 Å². The van der Waals surface area contributed by atoms with E-state index in [0.29, 0.717) is 0 Å². The SMILES string of the molecule is O=C(O)c1ccnn1[N+](=O)[O-]. The van der Waals surface area contributed by atoms with Crippen LogP contribution in [0.5, 0.6) is 0 Å². The van der Waals surface area contributed by atoms with Crippen molar-refractivity contribution in [3.8, 4) is 0 Å². The molecule has 0 bridgehead atoms. The lowest BCUT2D eigenvalue weighted by molar-refractivity contribution is -0.553. The average Bonchev–Trinajstić information content (AvgIpc) is 2.32. The molecular weight excluding hydrogens is 154 g/mol. The summed E-state index contributed by atoms with van der Waals surface area (Å²) in [4.78, 5) is 20.4. The fraction of sp³-hybridized carbons (Fsp3) is 0. The van der Waals surface area contributed by atoms with Crippen LogP contribution in [-0.2, 0) is 0 Å². The van der Waals surface area contributed by atoms with E-state index in [9.17, 15) is 14.9 Å². The number of aromatic carboxylic acids is 1. The van der Waals surface area contributed by atoms with Crippen LogP contribution in [0.4, 0.5) is 0 Å². The number of carboxylic acids is 1. The van der Waals surface area contributed by atoms with Crippen molar-refractivity contribution in [2.24, 2.45) is 0 Å². The first kappa shape index (κ1) is 7.19. The van der Waals surface area contributed by atoms with Gasteiger partial charge in [-0.1, -0.05) is 0 Å². The van der Waals surface area contributed by atoms with Crippen LogP contribution in [0.1, 0.15) is 10.5 Å². The molecule has 1 heterocycles. The lowest BCUT2D eigenvalue weighted by Crippen LogP contribution is -2.16. The molecule has 0 aromatic carbocycles. The molecule has 0 unspecified atom stereocenters. The topological polar surface area (TPSA) is 98.3 Å². The van der Waals surface area contributed by atoms with Crippen LogP contribution in [0.3, 0.4) is 0 Å². The first-order chi connectivity index (χ1) is 5.13. The number of carbonyl (C=O) groups is 1. The van der Waals surface area contributed by atoms with Gasteiger partial charge in [-0.05, 0) is 0 Å². The minimum atomic E-state index is -1.38. The molecule has 1 rings (SSSR count). The second-order valence-corrected chi connectivity index (χ2v) is 1.65. The Bertz CT molecular complexity index is 276. The van der Waals surface area contributed by atoms with Crippen LogP contribution in [0, 0.1) is 10.1 Å². The Labute approximate surface area is 60.0 Å². The fourth-order valence-corrected chi connectivity index (χ4v) is 0.583. The first-order valence-corrected chi connectivity index (χ1v) is 2.55. The summed E-state index contributed by atoms with van der Waals surface area (Å²) in [5.41, 5.74) is -0.463. The highest BCUT2D eigenvalue weighted by molar-refractivity contribution is 5.85. The Morgan fingerprint density at radius 2 is 2.45 bits per heavy atom. The van der Waals surface area contributed by atoms with E-state index in [1.165, 1.54) is 0 Å². The molecule has 0 fully saturated rings. The van der Waals surface area contributed by atoms with Crippen molar-refractivity contribution in [2.75, 3.05) is 0 Å². The highest BCUT2D eigenvalue weighted by atomic mass is 16.7. The Balaban J connectivity index is 3.16. The van der Waals surface area contributed by atoms with Gasteiger partial charge in [0.05, 0.1) is 5.03 Å². The zero-order valence-corrected chi connectivity index (χ0v) is 5.17. The van der Waals surface area contributed by atoms with Crippen LogP contribution >= 0.6 is 0 Å². The summed E-state index contributed by atoms with van der Waals surface area (Å²) in [6.45, 7) is 0. The second kappa shape index (κ2) is 2.37. The first-order valence-electron chi connectivity index (χ1n) is 2.55. The fourth-order valence-electron chi connectivity index (χ4n) is 0.583. The van der Waals surface area contributed by atoms with E-state index in [0.717, 1.165) is 12.3 Å². The monoisotopic (exact) mass is 157 g/mol. The van der Waals surface area contributed by atoms with Crippen molar-refractivity contribution in [1.29, 1.82) is 0 Å². The van der Waals surface area contributed by atoms with E-state index in [-0.39, 0.29) is 4.79 Å². The van der Waals surface area contributed by atoms with Crippen LogP contribution in [0.25, 0.3) is 0 Å². The molecule has 0 aliphatic carbocycles. The number of rotatable bonds is 2. The van der Waals surface area contributed by atoms with Gasteiger partial charge in [0, 0.05) is 16.0 Å². The number of nitrogens with zero attached hydrogens (tertiary/aromatic N) is 3. The van der Waals surface area contributed by atoms with Crippen molar-refractivity contribution in [3.63, 3.8) is 0 Å². The molecular formula is C4H3N3O4. The predicted octanol–water partition coefficient (Wildman–Crippen LogP) is -0.379. The Morgan fingerprint density at radius 1 is 1.82 bits per heavy atom. The van der Waals surface area contributed by atoms with E-state index in [2.05, 4.69) is 5.10 Å². The molecule has 11 heavy (non-hydrogen) atoms. The molecule has 0 atom stereocenters. The van der Waals surface area contributed by atoms with Crippen molar-refractivity contribution < 1.29 is 14.9 Å². The quantitative estimate of drug-likeness (QED) is 0.466. The smallest absolute Gasteiger partial charge is 0.360 e. The van der Waals surface area contributed by atoms with E-state index in [1.54, 1.807) is 0 Å². The van der Waals surface area contributed by atoms with E-state index in [1.807, 2.05) is 0 Å². The number of hydrogen-bond acceptors (Lipinski definition) is 4. The van der Waals surface area contributed by atoms with Crippen LogP contribution in [0.2, 0.25) is 0 Å². The van der Waals surface area contributed by atoms with Crippen LogP contribution in [-0.4, -0.2) is 26.0 Å². The van der Waals surface area contributed by atoms with Gasteiger partial charge in [0.2, 0.25) is 5.69 Å². The van der Waals surface area contributed by atoms with Gasteiger partial charge < -0.3 is 15.2 Å². The number of aromatic nitrogens is 2. The van der Waals surface area contributed by atoms with E-state index < -0.39 is 16.7 Å². The van der Waals surface area contributed by atoms with E-state index in [4.69, 9.17) is 5.11 Å². The molecule has 1 N–H and O–H groups in total. The number of nitro groups is 1. The molecule has 1 aromatic rings. The van der Waals surface area contributed by atoms with Gasteiger partial charge in [0.25, 0.3) is 0 Å². The standard InChI is InChI=1S/C4H3N3O4/c8-4(9)3-1-2-5-6(3)7(10)11/h1-2H,(H,8,9). The van der Waals surface area contributed by atoms with Crippen molar-refractivity contribution in [3.05, 3.63) is 28.1 Å². The molecule has 7 heteroatoms. The number of hydrogen-bond donors (Lipinski definition) is 1. The summed E-state index contributed by atoms with van der Waals surface area (Å²) >= 11 is 0. The maximum atomic E-state index is 10.2. The highest BCUT2D eigenvalue weighted by Crippen LogP contribution is 1.96. The zero-order chi connectivity index (χ0) is 8.43. The Kier molecular flexibility index (Phi) is 1.55. The van der Waals surface area contributed by atoms with Gasteiger partial charge in [0.1, 0.15) is 0 Å². The maximum Gasteiger partial charge on any atom is 0.360 e. The molecule has 0 saturated carbocycles. The Morgan fingerprint density at radius 3 is 2.82 bits per heavy atom. The van der Waals surface area contributed by atoms with Crippen LogP contribution < -0.4 is 0 Å². The molecule has 0 radical (unpaired) electrons. The van der Waals surface area contributed by atoms with Gasteiger partial charge in [-0.2, -0.15) is 0 Å². The third kappa shape index (κ3) is 1.16. The summed E-state index contributed by atoms with van der Waals surface area (Å²) in [7, 11) is 0. The minimum Gasteiger partial charge on any atom is -0.476 e. The van der Waals surface area contributed by atoms with Gasteiger partial charge in [0.15, 0.2) is 6.20 Å². The highest BCUT2D eigenvalue weighted by Gasteiger charge is 2.17. The zero-order valence-electron chi connectivity index (χ0n) is 5.17. The molecule has 0 spiro atoms.